The van der Waals surface area contributed by atoms with Gasteiger partial charge in [-0.05, 0) is 31.2 Å². The zero-order valence-electron chi connectivity index (χ0n) is 13.9. The molecule has 1 heterocycles. The first-order chi connectivity index (χ1) is 12.2. The van der Waals surface area contributed by atoms with Crippen LogP contribution in [0.25, 0.3) is 6.08 Å². The van der Waals surface area contributed by atoms with Crippen molar-refractivity contribution in [2.24, 2.45) is 0 Å². The number of nitrogens with zero attached hydrogens (tertiary/aromatic N) is 1. The van der Waals surface area contributed by atoms with E-state index in [2.05, 4.69) is 0 Å². The van der Waals surface area contributed by atoms with Crippen LogP contribution in [0.5, 0.6) is 11.5 Å². The first-order valence-corrected chi connectivity index (χ1v) is 9.01. The molecule has 1 aliphatic rings. The monoisotopic (exact) mass is 371 g/mol. The van der Waals surface area contributed by atoms with Gasteiger partial charge in [0, 0.05) is 5.56 Å². The average molecular weight is 371 g/mol. The quantitative estimate of drug-likeness (QED) is 0.572. The van der Waals surface area contributed by atoms with Gasteiger partial charge in [-0.1, -0.05) is 54.3 Å². The molecule has 6 heteroatoms. The highest BCUT2D eigenvalue weighted by Crippen LogP contribution is 2.40. The standard InChI is InChI=1S/C19H17NO3S2/c1-3-23-15-10-6-4-8-13(15)12-17-18(21)20(19(24)25-17)14-9-5-7-11-16(14)22-2/h4-12H,3H2,1-2H3/b17-12+. The molecule has 0 aromatic heterocycles. The highest BCUT2D eigenvalue weighted by Gasteiger charge is 2.34. The van der Waals surface area contributed by atoms with Gasteiger partial charge in [0.25, 0.3) is 5.91 Å². The van der Waals surface area contributed by atoms with E-state index in [9.17, 15) is 4.79 Å². The van der Waals surface area contributed by atoms with Crippen molar-refractivity contribution in [3.8, 4) is 11.5 Å². The van der Waals surface area contributed by atoms with Gasteiger partial charge in [-0.3, -0.25) is 9.69 Å². The molecule has 1 amide bonds. The number of benzene rings is 2. The molecule has 0 bridgehead atoms. The van der Waals surface area contributed by atoms with Gasteiger partial charge in [0.15, 0.2) is 4.32 Å². The first-order valence-electron chi connectivity index (χ1n) is 7.78. The predicted molar refractivity (Wildman–Crippen MR) is 106 cm³/mol. The van der Waals surface area contributed by atoms with E-state index >= 15 is 0 Å². The third kappa shape index (κ3) is 3.55. The van der Waals surface area contributed by atoms with Crippen molar-refractivity contribution in [1.82, 2.24) is 0 Å². The summed E-state index contributed by atoms with van der Waals surface area (Å²) >= 11 is 6.70. The number of carbonyl (C=O) groups is 1. The Labute approximate surface area is 156 Å². The molecule has 1 aliphatic heterocycles. The molecule has 0 saturated carbocycles. The number of methoxy groups -OCH3 is 1. The Kier molecular flexibility index (Phi) is 5.40. The summed E-state index contributed by atoms with van der Waals surface area (Å²) < 4.78 is 11.5. The van der Waals surface area contributed by atoms with Gasteiger partial charge < -0.3 is 9.47 Å². The summed E-state index contributed by atoms with van der Waals surface area (Å²) in [6, 6.07) is 15.0. The van der Waals surface area contributed by atoms with E-state index in [1.807, 2.05) is 61.5 Å². The minimum absolute atomic E-state index is 0.161. The van der Waals surface area contributed by atoms with E-state index in [-0.39, 0.29) is 5.91 Å². The highest BCUT2D eigenvalue weighted by molar-refractivity contribution is 8.27. The van der Waals surface area contributed by atoms with E-state index in [4.69, 9.17) is 21.7 Å². The second-order valence-electron chi connectivity index (χ2n) is 5.16. The maximum Gasteiger partial charge on any atom is 0.270 e. The molecule has 4 nitrogen and oxygen atoms in total. The van der Waals surface area contributed by atoms with E-state index < -0.39 is 0 Å². The minimum atomic E-state index is -0.161. The maximum atomic E-state index is 12.9. The molecule has 3 rings (SSSR count). The fourth-order valence-corrected chi connectivity index (χ4v) is 3.79. The van der Waals surface area contributed by atoms with Crippen LogP contribution in [0.2, 0.25) is 0 Å². The van der Waals surface area contributed by atoms with Gasteiger partial charge in [0.2, 0.25) is 0 Å². The Morgan fingerprint density at radius 2 is 1.80 bits per heavy atom. The lowest BCUT2D eigenvalue weighted by Crippen LogP contribution is -2.27. The van der Waals surface area contributed by atoms with E-state index in [1.54, 1.807) is 7.11 Å². The number of carbonyl (C=O) groups excluding carboxylic acids is 1. The van der Waals surface area contributed by atoms with Crippen LogP contribution in [0.15, 0.2) is 53.4 Å². The molecule has 0 spiro atoms. The molecule has 25 heavy (non-hydrogen) atoms. The number of rotatable bonds is 5. The van der Waals surface area contributed by atoms with Crippen LogP contribution in [-0.2, 0) is 4.79 Å². The SMILES string of the molecule is CCOc1ccccc1/C=C1/SC(=S)N(c2ccccc2OC)C1=O. The molecule has 0 N–H and O–H groups in total. The molecule has 2 aromatic carbocycles. The molecule has 128 valence electrons. The normalized spacial score (nSPS) is 15.8. The van der Waals surface area contributed by atoms with Crippen LogP contribution in [0, 0.1) is 0 Å². The minimum Gasteiger partial charge on any atom is -0.495 e. The number of ether oxygens (including phenoxy) is 2. The van der Waals surface area contributed by atoms with Crippen molar-refractivity contribution in [2.75, 3.05) is 18.6 Å². The average Bonchev–Trinajstić information content (AvgIpc) is 2.90. The Morgan fingerprint density at radius 3 is 2.52 bits per heavy atom. The molecule has 0 unspecified atom stereocenters. The molecular formula is C19H17NO3S2. The molecule has 0 radical (unpaired) electrons. The number of para-hydroxylation sites is 3. The van der Waals surface area contributed by atoms with Crippen molar-refractivity contribution in [3.05, 3.63) is 59.0 Å². The number of anilines is 1. The number of thiocarbonyl (C=S) groups is 1. The zero-order chi connectivity index (χ0) is 17.8. The number of hydrogen-bond donors (Lipinski definition) is 0. The first kappa shape index (κ1) is 17.5. The summed E-state index contributed by atoms with van der Waals surface area (Å²) in [5.41, 5.74) is 1.50. The summed E-state index contributed by atoms with van der Waals surface area (Å²) in [5, 5.41) is 0. The molecule has 2 aromatic rings. The van der Waals surface area contributed by atoms with Gasteiger partial charge in [-0.2, -0.15) is 0 Å². The lowest BCUT2D eigenvalue weighted by molar-refractivity contribution is -0.113. The van der Waals surface area contributed by atoms with Crippen LogP contribution in [0.3, 0.4) is 0 Å². The number of amides is 1. The molecular weight excluding hydrogens is 354 g/mol. The van der Waals surface area contributed by atoms with Gasteiger partial charge >= 0.3 is 0 Å². The molecule has 0 atom stereocenters. The molecule has 1 fully saturated rings. The number of thioether (sulfide) groups is 1. The van der Waals surface area contributed by atoms with Crippen LogP contribution >= 0.6 is 24.0 Å². The highest BCUT2D eigenvalue weighted by atomic mass is 32.2. The van der Waals surface area contributed by atoms with Gasteiger partial charge in [-0.25, -0.2) is 0 Å². The Hall–Kier alpha value is -2.31. The predicted octanol–water partition coefficient (Wildman–Crippen LogP) is 4.50. The maximum absolute atomic E-state index is 12.9. The largest absolute Gasteiger partial charge is 0.495 e. The summed E-state index contributed by atoms with van der Waals surface area (Å²) in [5.74, 6) is 1.19. The molecule has 1 saturated heterocycles. The lowest BCUT2D eigenvalue weighted by Gasteiger charge is -2.17. The van der Waals surface area contributed by atoms with Gasteiger partial charge in [-0.15, -0.1) is 0 Å². The van der Waals surface area contributed by atoms with E-state index in [0.29, 0.717) is 27.3 Å². The summed E-state index contributed by atoms with van der Waals surface area (Å²) in [4.78, 5) is 15.0. The number of hydrogen-bond acceptors (Lipinski definition) is 5. The Balaban J connectivity index is 1.97. The summed E-state index contributed by atoms with van der Waals surface area (Å²) in [7, 11) is 1.57. The third-order valence-corrected chi connectivity index (χ3v) is 4.93. The second kappa shape index (κ2) is 7.72. The van der Waals surface area contributed by atoms with E-state index in [0.717, 1.165) is 11.3 Å². The van der Waals surface area contributed by atoms with Gasteiger partial charge in [0.05, 0.1) is 24.3 Å². The smallest absolute Gasteiger partial charge is 0.270 e. The van der Waals surface area contributed by atoms with Crippen molar-refractivity contribution >= 4 is 46.0 Å². The van der Waals surface area contributed by atoms with Crippen molar-refractivity contribution < 1.29 is 14.3 Å². The van der Waals surface area contributed by atoms with Crippen molar-refractivity contribution in [1.29, 1.82) is 0 Å². The van der Waals surface area contributed by atoms with Crippen molar-refractivity contribution in [2.45, 2.75) is 6.92 Å². The van der Waals surface area contributed by atoms with E-state index in [1.165, 1.54) is 16.7 Å². The zero-order valence-corrected chi connectivity index (χ0v) is 15.5. The molecule has 0 aliphatic carbocycles. The van der Waals surface area contributed by atoms with Crippen molar-refractivity contribution in [3.63, 3.8) is 0 Å². The Morgan fingerprint density at radius 1 is 1.12 bits per heavy atom. The van der Waals surface area contributed by atoms with Crippen LogP contribution in [0.1, 0.15) is 12.5 Å². The fraction of sp³-hybridized carbons (Fsp3) is 0.158. The van der Waals surface area contributed by atoms with Crippen LogP contribution in [-0.4, -0.2) is 23.9 Å². The fourth-order valence-electron chi connectivity index (χ4n) is 2.52. The van der Waals surface area contributed by atoms with Crippen LogP contribution < -0.4 is 14.4 Å². The van der Waals surface area contributed by atoms with Crippen LogP contribution in [0.4, 0.5) is 5.69 Å². The third-order valence-electron chi connectivity index (χ3n) is 3.63. The second-order valence-corrected chi connectivity index (χ2v) is 6.84. The summed E-state index contributed by atoms with van der Waals surface area (Å²) in [6.07, 6.45) is 1.82. The van der Waals surface area contributed by atoms with Gasteiger partial charge in [0.1, 0.15) is 11.5 Å². The lowest BCUT2D eigenvalue weighted by atomic mass is 10.2. The summed E-state index contributed by atoms with van der Waals surface area (Å²) in [6.45, 7) is 2.49. The Bertz CT molecular complexity index is 848. The topological polar surface area (TPSA) is 38.8 Å².